The molecule has 0 bridgehead atoms. The molecule has 0 atom stereocenters. The van der Waals surface area contributed by atoms with Gasteiger partial charge >= 0.3 is 0 Å². The number of unbranched alkanes of at least 4 members (excludes halogenated alkanes) is 2. The maximum Gasteiger partial charge on any atom is 0.253 e. The number of nitrogens with zero attached hydrogens (tertiary/aromatic N) is 4. The fourth-order valence-electron chi connectivity index (χ4n) is 5.27. The Morgan fingerprint density at radius 2 is 1.62 bits per heavy atom. The molecule has 1 amide bonds. The van der Waals surface area contributed by atoms with Gasteiger partial charge in [0.2, 0.25) is 16.0 Å². The highest BCUT2D eigenvalue weighted by molar-refractivity contribution is 7.89. The molecule has 4 rings (SSSR count). The third-order valence-corrected chi connectivity index (χ3v) is 8.52. The second-order valence-electron chi connectivity index (χ2n) is 10.7. The number of aromatic nitrogens is 2. The number of sulfonamides is 1. The lowest BCUT2D eigenvalue weighted by Crippen LogP contribution is -2.33. The molecule has 2 aromatic carbocycles. The van der Waals surface area contributed by atoms with Crippen molar-refractivity contribution in [3.8, 4) is 0 Å². The van der Waals surface area contributed by atoms with Crippen LogP contribution in [0.4, 0.5) is 11.6 Å². The van der Waals surface area contributed by atoms with Gasteiger partial charge in [-0.15, -0.1) is 0 Å². The van der Waals surface area contributed by atoms with Gasteiger partial charge in [-0.3, -0.25) is 4.79 Å². The molecular formula is C30H44N6O3S. The van der Waals surface area contributed by atoms with E-state index in [-0.39, 0.29) is 10.8 Å². The molecule has 0 aliphatic carbocycles. The maximum atomic E-state index is 13.6. The number of piperidine rings is 1. The Balaban J connectivity index is 1.62. The van der Waals surface area contributed by atoms with Gasteiger partial charge in [0.25, 0.3) is 5.91 Å². The molecule has 3 aromatic rings. The first-order chi connectivity index (χ1) is 19.3. The lowest BCUT2D eigenvalue weighted by molar-refractivity contribution is 0.0751. The number of carbonyl (C=O) groups excluding carboxylic acids is 1. The van der Waals surface area contributed by atoms with E-state index in [9.17, 15) is 13.2 Å². The van der Waals surface area contributed by atoms with E-state index in [0.29, 0.717) is 17.2 Å². The van der Waals surface area contributed by atoms with Gasteiger partial charge in [0.05, 0.1) is 15.9 Å². The van der Waals surface area contributed by atoms with E-state index in [1.807, 2.05) is 23.1 Å². The first-order valence-corrected chi connectivity index (χ1v) is 16.3. The minimum atomic E-state index is -3.77. The van der Waals surface area contributed by atoms with Crippen LogP contribution in [0.3, 0.4) is 0 Å². The van der Waals surface area contributed by atoms with Crippen LogP contribution in [0, 0.1) is 0 Å². The van der Waals surface area contributed by atoms with Crippen LogP contribution in [0.15, 0.2) is 47.4 Å². The van der Waals surface area contributed by atoms with E-state index in [1.54, 1.807) is 12.1 Å². The molecule has 1 fully saturated rings. The second-order valence-corrected chi connectivity index (χ2v) is 12.3. The number of nitrogens with two attached hydrogens (primary N) is 1. The molecule has 9 nitrogen and oxygen atoms in total. The number of rotatable bonds is 14. The Hall–Kier alpha value is -2.95. The number of nitrogens with one attached hydrogen (secondary N) is 1. The minimum Gasteiger partial charge on any atom is -0.339 e. The van der Waals surface area contributed by atoms with Crippen LogP contribution in [-0.4, -0.2) is 66.4 Å². The van der Waals surface area contributed by atoms with Gasteiger partial charge in [0.15, 0.2) is 0 Å². The highest BCUT2D eigenvalue weighted by atomic mass is 32.2. The van der Waals surface area contributed by atoms with Crippen molar-refractivity contribution in [2.24, 2.45) is 5.14 Å². The lowest BCUT2D eigenvalue weighted by atomic mass is 10.1. The molecule has 1 aliphatic heterocycles. The van der Waals surface area contributed by atoms with Crippen molar-refractivity contribution in [3.05, 3.63) is 48.0 Å². The number of likely N-dealkylation sites (tertiary alicyclic amines) is 1. The molecule has 0 radical (unpaired) electrons. The molecular weight excluding hydrogens is 524 g/mol. The molecule has 2 heterocycles. The summed E-state index contributed by atoms with van der Waals surface area (Å²) in [5.74, 6) is 0.730. The molecule has 0 saturated carbocycles. The van der Waals surface area contributed by atoms with E-state index in [2.05, 4.69) is 28.6 Å². The van der Waals surface area contributed by atoms with Crippen LogP contribution in [0.2, 0.25) is 0 Å². The fraction of sp³-hybridized carbons (Fsp3) is 0.533. The van der Waals surface area contributed by atoms with Crippen LogP contribution in [0.25, 0.3) is 11.0 Å². The highest BCUT2D eigenvalue weighted by Crippen LogP contribution is 2.26. The van der Waals surface area contributed by atoms with E-state index in [0.717, 1.165) is 82.4 Å². The minimum absolute atomic E-state index is 0.0620. The third kappa shape index (κ3) is 7.83. The number of fused-ring (bicyclic) bond motifs is 1. The molecule has 3 N–H and O–H groups in total. The van der Waals surface area contributed by atoms with Gasteiger partial charge in [-0.25, -0.2) is 18.5 Å². The molecule has 218 valence electrons. The molecule has 0 spiro atoms. The monoisotopic (exact) mass is 568 g/mol. The summed E-state index contributed by atoms with van der Waals surface area (Å²) >= 11 is 0. The summed E-state index contributed by atoms with van der Waals surface area (Å²) < 4.78 is 25.5. The Kier molecular flexibility index (Phi) is 10.6. The molecule has 1 saturated heterocycles. The quantitative estimate of drug-likeness (QED) is 0.271. The number of amides is 1. The van der Waals surface area contributed by atoms with Crippen molar-refractivity contribution in [1.82, 2.24) is 19.4 Å². The lowest BCUT2D eigenvalue weighted by Gasteiger charge is -2.26. The Labute approximate surface area is 238 Å². The standard InChI is InChI=1S/C30H44N6O3S/c1-3-5-20-35(21-6-4-2)29(37)24-11-16-27-28(23-24)36(22-10-19-34-17-8-7-9-18-34)30(33-27)32-25-12-14-26(15-13-25)40(31,38)39/h11-16,23H,3-10,17-22H2,1-2H3,(H,32,33)(H2,31,38,39). The summed E-state index contributed by atoms with van der Waals surface area (Å²) in [6.07, 6.45) is 8.86. The predicted molar refractivity (Wildman–Crippen MR) is 161 cm³/mol. The summed E-state index contributed by atoms with van der Waals surface area (Å²) in [5, 5.41) is 8.63. The summed E-state index contributed by atoms with van der Waals surface area (Å²) in [6, 6.07) is 12.1. The average Bonchev–Trinajstić information content (AvgIpc) is 3.29. The Morgan fingerprint density at radius 1 is 0.950 bits per heavy atom. The number of hydrogen-bond donors (Lipinski definition) is 2. The Bertz CT molecular complexity index is 1360. The van der Waals surface area contributed by atoms with Crippen molar-refractivity contribution >= 4 is 38.6 Å². The number of aryl methyl sites for hydroxylation is 1. The van der Waals surface area contributed by atoms with Crippen molar-refractivity contribution in [2.75, 3.05) is 38.0 Å². The number of anilines is 2. The molecule has 10 heteroatoms. The maximum absolute atomic E-state index is 13.6. The molecule has 1 aromatic heterocycles. The topological polar surface area (TPSA) is 114 Å². The summed E-state index contributed by atoms with van der Waals surface area (Å²) in [7, 11) is -3.77. The number of primary sulfonamides is 1. The van der Waals surface area contributed by atoms with Crippen LogP contribution < -0.4 is 10.5 Å². The predicted octanol–water partition coefficient (Wildman–Crippen LogP) is 5.35. The molecule has 40 heavy (non-hydrogen) atoms. The largest absolute Gasteiger partial charge is 0.339 e. The second kappa shape index (κ2) is 14.1. The van der Waals surface area contributed by atoms with Gasteiger partial charge < -0.3 is 19.7 Å². The average molecular weight is 569 g/mol. The van der Waals surface area contributed by atoms with Gasteiger partial charge in [0, 0.05) is 30.9 Å². The van der Waals surface area contributed by atoms with Crippen LogP contribution in [0.5, 0.6) is 0 Å². The van der Waals surface area contributed by atoms with Crippen molar-refractivity contribution < 1.29 is 13.2 Å². The fourth-order valence-corrected chi connectivity index (χ4v) is 5.78. The Morgan fingerprint density at radius 3 is 2.25 bits per heavy atom. The van der Waals surface area contributed by atoms with Gasteiger partial charge in [-0.05, 0) is 94.2 Å². The zero-order valence-electron chi connectivity index (χ0n) is 23.9. The number of imidazole rings is 1. The number of hydrogen-bond acceptors (Lipinski definition) is 6. The highest BCUT2D eigenvalue weighted by Gasteiger charge is 2.19. The van der Waals surface area contributed by atoms with Crippen LogP contribution >= 0.6 is 0 Å². The van der Waals surface area contributed by atoms with E-state index >= 15 is 0 Å². The molecule has 0 unspecified atom stereocenters. The zero-order valence-corrected chi connectivity index (χ0v) is 24.8. The summed E-state index contributed by atoms with van der Waals surface area (Å²) in [6.45, 7) is 9.89. The van der Waals surface area contributed by atoms with Gasteiger partial charge in [-0.2, -0.15) is 0 Å². The normalized spacial score (nSPS) is 14.5. The summed E-state index contributed by atoms with van der Waals surface area (Å²) in [4.78, 5) is 23.0. The number of benzene rings is 2. The number of carbonyl (C=O) groups is 1. The van der Waals surface area contributed by atoms with E-state index < -0.39 is 10.0 Å². The zero-order chi connectivity index (χ0) is 28.5. The van der Waals surface area contributed by atoms with Gasteiger partial charge in [-0.1, -0.05) is 33.1 Å². The third-order valence-electron chi connectivity index (χ3n) is 7.59. The van der Waals surface area contributed by atoms with E-state index in [1.165, 1.54) is 31.4 Å². The van der Waals surface area contributed by atoms with Crippen LogP contribution in [0.1, 0.15) is 75.6 Å². The summed E-state index contributed by atoms with van der Waals surface area (Å²) in [5.41, 5.74) is 3.12. The smallest absolute Gasteiger partial charge is 0.253 e. The first kappa shape index (κ1) is 30.0. The van der Waals surface area contributed by atoms with Crippen molar-refractivity contribution in [2.45, 2.75) is 76.7 Å². The first-order valence-electron chi connectivity index (χ1n) is 14.7. The van der Waals surface area contributed by atoms with E-state index in [4.69, 9.17) is 10.1 Å². The van der Waals surface area contributed by atoms with Gasteiger partial charge in [0.1, 0.15) is 0 Å². The van der Waals surface area contributed by atoms with Crippen molar-refractivity contribution in [1.29, 1.82) is 0 Å². The SMILES string of the molecule is CCCCN(CCCC)C(=O)c1ccc2nc(Nc3ccc(S(N)(=O)=O)cc3)n(CCCN3CCCCC3)c2c1. The van der Waals surface area contributed by atoms with Crippen molar-refractivity contribution in [3.63, 3.8) is 0 Å². The molecule has 1 aliphatic rings. The van der Waals surface area contributed by atoms with Crippen LogP contribution in [-0.2, 0) is 16.6 Å².